The van der Waals surface area contributed by atoms with Crippen LogP contribution in [0.1, 0.15) is 28.8 Å². The summed E-state index contributed by atoms with van der Waals surface area (Å²) >= 11 is 0. The summed E-state index contributed by atoms with van der Waals surface area (Å²) in [6.45, 7) is -0.364. The lowest BCUT2D eigenvalue weighted by molar-refractivity contribution is -0.138. The molecule has 0 saturated carbocycles. The summed E-state index contributed by atoms with van der Waals surface area (Å²) in [5.74, 6) is -3.64. The Hall–Kier alpha value is -3.30. The van der Waals surface area contributed by atoms with E-state index in [0.717, 1.165) is 18.2 Å². The number of piperidine rings is 1. The molecule has 0 atom stereocenters. The van der Waals surface area contributed by atoms with E-state index >= 15 is 0 Å². The van der Waals surface area contributed by atoms with Crippen molar-refractivity contribution >= 4 is 12.2 Å². The molecule has 1 aliphatic heterocycles. The fourth-order valence-electron chi connectivity index (χ4n) is 3.20. The Bertz CT molecular complexity index is 994. The van der Waals surface area contributed by atoms with E-state index in [9.17, 15) is 31.5 Å². The van der Waals surface area contributed by atoms with Crippen LogP contribution in [-0.4, -0.2) is 47.7 Å². The van der Waals surface area contributed by atoms with E-state index in [2.05, 4.69) is 4.98 Å². The summed E-state index contributed by atoms with van der Waals surface area (Å²) in [5, 5.41) is 0. The first-order valence-corrected chi connectivity index (χ1v) is 9.68. The summed E-state index contributed by atoms with van der Waals surface area (Å²) in [4.78, 5) is 28.1. The molecule has 1 fully saturated rings. The van der Waals surface area contributed by atoms with Gasteiger partial charge in [0.2, 0.25) is 0 Å². The van der Waals surface area contributed by atoms with Crippen LogP contribution < -0.4 is 4.74 Å². The summed E-state index contributed by atoms with van der Waals surface area (Å²) < 4.78 is 72.1. The van der Waals surface area contributed by atoms with E-state index in [1.165, 1.54) is 35.4 Å². The number of hydrogen-bond acceptors (Lipinski definition) is 4. The number of benzene rings is 1. The van der Waals surface area contributed by atoms with Crippen LogP contribution in [0.3, 0.4) is 0 Å². The van der Waals surface area contributed by atoms with Crippen molar-refractivity contribution < 1.29 is 36.3 Å². The molecule has 0 bridgehead atoms. The van der Waals surface area contributed by atoms with E-state index in [1.54, 1.807) is 0 Å². The molecular weight excluding hydrogens is 435 g/mol. The van der Waals surface area contributed by atoms with Crippen molar-refractivity contribution in [2.45, 2.75) is 24.9 Å². The summed E-state index contributed by atoms with van der Waals surface area (Å²) in [7, 11) is 0. The first kappa shape index (κ1) is 23.4. The number of nitrogens with zero attached hydrogens (tertiary/aromatic N) is 2. The van der Waals surface area contributed by atoms with E-state index in [1.807, 2.05) is 0 Å². The van der Waals surface area contributed by atoms with Gasteiger partial charge in [-0.25, -0.2) is 8.78 Å². The van der Waals surface area contributed by atoms with Crippen molar-refractivity contribution in [2.75, 3.05) is 19.7 Å². The van der Waals surface area contributed by atoms with Gasteiger partial charge in [-0.15, -0.1) is 0 Å². The molecule has 0 spiro atoms. The molecule has 2 aromatic rings. The highest BCUT2D eigenvalue weighted by Gasteiger charge is 2.36. The van der Waals surface area contributed by atoms with E-state index < -0.39 is 42.2 Å². The number of alkyl halides is 5. The van der Waals surface area contributed by atoms with Crippen LogP contribution in [0.5, 0.6) is 5.75 Å². The van der Waals surface area contributed by atoms with Gasteiger partial charge in [0.25, 0.3) is 11.8 Å². The van der Waals surface area contributed by atoms with Crippen molar-refractivity contribution in [3.05, 3.63) is 59.8 Å². The van der Waals surface area contributed by atoms with Gasteiger partial charge in [0.05, 0.1) is 16.8 Å². The zero-order valence-electron chi connectivity index (χ0n) is 16.7. The largest absolute Gasteiger partial charge is 0.489 e. The molecule has 0 radical (unpaired) electrons. The lowest BCUT2D eigenvalue weighted by atomic mass is 10.0. The predicted molar refractivity (Wildman–Crippen MR) is 105 cm³/mol. The third-order valence-corrected chi connectivity index (χ3v) is 4.92. The second-order valence-corrected chi connectivity index (χ2v) is 7.16. The number of amides is 1. The topological polar surface area (TPSA) is 59.5 Å². The molecular formula is C22H19F5N2O3. The van der Waals surface area contributed by atoms with Gasteiger partial charge in [0.15, 0.2) is 0 Å². The van der Waals surface area contributed by atoms with Crippen molar-refractivity contribution in [3.8, 4) is 17.0 Å². The smallest absolute Gasteiger partial charge is 0.419 e. The molecule has 1 aliphatic rings. The molecule has 32 heavy (non-hydrogen) atoms. The molecule has 1 saturated heterocycles. The van der Waals surface area contributed by atoms with E-state index in [4.69, 9.17) is 4.74 Å². The number of hydrogen-bond donors (Lipinski definition) is 0. The summed E-state index contributed by atoms with van der Waals surface area (Å²) in [6.07, 6.45) is -1.42. The number of carbonyl (C=O) groups excluding carboxylic acids is 2. The highest BCUT2D eigenvalue weighted by atomic mass is 19.4. The van der Waals surface area contributed by atoms with Gasteiger partial charge in [-0.1, -0.05) is 0 Å². The molecule has 1 aromatic heterocycles. The number of allylic oxidation sites excluding steroid dienone is 1. The maximum Gasteiger partial charge on any atom is 0.419 e. The van der Waals surface area contributed by atoms with Crippen LogP contribution in [0.4, 0.5) is 22.0 Å². The summed E-state index contributed by atoms with van der Waals surface area (Å²) in [5.41, 5.74) is -0.489. The third kappa shape index (κ3) is 5.68. The number of likely N-dealkylation sites (tertiary alicyclic amines) is 1. The second kappa shape index (κ2) is 9.46. The van der Waals surface area contributed by atoms with Gasteiger partial charge < -0.3 is 9.64 Å². The number of ether oxygens (including phenoxy) is 1. The predicted octanol–water partition coefficient (Wildman–Crippen LogP) is 4.77. The average molecular weight is 454 g/mol. The minimum atomic E-state index is -4.69. The number of aldehydes is 1. The van der Waals surface area contributed by atoms with Crippen molar-refractivity contribution in [2.24, 2.45) is 0 Å². The first-order chi connectivity index (χ1) is 15.1. The highest BCUT2D eigenvalue weighted by Crippen LogP contribution is 2.38. The molecule has 0 unspecified atom stereocenters. The lowest BCUT2D eigenvalue weighted by Crippen LogP contribution is -2.42. The van der Waals surface area contributed by atoms with E-state index in [0.29, 0.717) is 6.29 Å². The van der Waals surface area contributed by atoms with Gasteiger partial charge in [-0.05, 0) is 42.5 Å². The molecule has 2 heterocycles. The molecule has 5 nitrogen and oxygen atoms in total. The Morgan fingerprint density at radius 1 is 1.16 bits per heavy atom. The number of aromatic nitrogens is 1. The van der Waals surface area contributed by atoms with Crippen LogP contribution in [-0.2, 0) is 11.0 Å². The molecule has 10 heteroatoms. The van der Waals surface area contributed by atoms with Crippen LogP contribution in [0.2, 0.25) is 0 Å². The SMILES string of the molecule is O=C/C=C/COc1ccc(-c2ccc(C(=O)N3CCC(F)(F)CC3)cn2)cc1C(F)(F)F. The fraction of sp³-hybridized carbons (Fsp3) is 0.318. The Kier molecular flexibility index (Phi) is 6.90. The molecule has 0 aliphatic carbocycles. The number of rotatable bonds is 6. The molecule has 3 rings (SSSR count). The Morgan fingerprint density at radius 3 is 2.47 bits per heavy atom. The highest BCUT2D eigenvalue weighted by molar-refractivity contribution is 5.94. The number of halogens is 5. The fourth-order valence-corrected chi connectivity index (χ4v) is 3.20. The van der Waals surface area contributed by atoms with Crippen molar-refractivity contribution in [3.63, 3.8) is 0 Å². The maximum atomic E-state index is 13.5. The van der Waals surface area contributed by atoms with Crippen LogP contribution in [0.25, 0.3) is 11.3 Å². The Morgan fingerprint density at radius 2 is 1.88 bits per heavy atom. The lowest BCUT2D eigenvalue weighted by Gasteiger charge is -2.31. The monoisotopic (exact) mass is 454 g/mol. The summed E-state index contributed by atoms with van der Waals surface area (Å²) in [6, 6.07) is 6.23. The van der Waals surface area contributed by atoms with Crippen LogP contribution >= 0.6 is 0 Å². The third-order valence-electron chi connectivity index (χ3n) is 4.92. The Balaban J connectivity index is 1.78. The molecule has 0 N–H and O–H groups in total. The quantitative estimate of drug-likeness (QED) is 0.358. The van der Waals surface area contributed by atoms with Crippen LogP contribution in [0, 0.1) is 0 Å². The van der Waals surface area contributed by atoms with Crippen LogP contribution in [0.15, 0.2) is 48.7 Å². The van der Waals surface area contributed by atoms with E-state index in [-0.39, 0.29) is 36.5 Å². The van der Waals surface area contributed by atoms with Crippen molar-refractivity contribution in [1.82, 2.24) is 9.88 Å². The maximum absolute atomic E-state index is 13.5. The van der Waals surface area contributed by atoms with Crippen molar-refractivity contribution in [1.29, 1.82) is 0 Å². The zero-order valence-corrected chi connectivity index (χ0v) is 16.7. The standard InChI is InChI=1S/C22H19F5N2O3/c23-21(24)7-9-29(10-8-21)20(31)16-3-5-18(28-14-16)15-4-6-19(32-12-2-1-11-30)17(13-15)22(25,26)27/h1-6,11,13-14H,7-10,12H2/b2-1+. The van der Waals surface area contributed by atoms with Gasteiger partial charge in [-0.3, -0.25) is 14.6 Å². The second-order valence-electron chi connectivity index (χ2n) is 7.16. The average Bonchev–Trinajstić information content (AvgIpc) is 2.76. The first-order valence-electron chi connectivity index (χ1n) is 9.68. The molecule has 1 amide bonds. The number of carbonyl (C=O) groups is 2. The zero-order chi connectivity index (χ0) is 23.4. The van der Waals surface area contributed by atoms with Gasteiger partial charge in [-0.2, -0.15) is 13.2 Å². The van der Waals surface area contributed by atoms with Gasteiger partial charge in [0.1, 0.15) is 18.6 Å². The normalized spacial score (nSPS) is 16.2. The minimum Gasteiger partial charge on any atom is -0.489 e. The number of pyridine rings is 1. The minimum absolute atomic E-state index is 0.0774. The molecule has 170 valence electrons. The van der Waals surface area contributed by atoms with Gasteiger partial charge >= 0.3 is 6.18 Å². The van der Waals surface area contributed by atoms with Gasteiger partial charge in [0, 0.05) is 37.7 Å². The Labute approximate surface area is 180 Å². The molecule has 1 aromatic carbocycles.